The number of carboxylic acids is 1. The van der Waals surface area contributed by atoms with Gasteiger partial charge in [0.2, 0.25) is 11.6 Å². The SMILES string of the molecule is COc1c(C2CC(C(=O)O)CN2)cc2c(c1F)OCCO2. The molecular formula is C14H16FNO5. The van der Waals surface area contributed by atoms with Gasteiger partial charge in [-0.2, -0.15) is 4.39 Å². The lowest BCUT2D eigenvalue weighted by atomic mass is 9.98. The Hall–Kier alpha value is -2.02. The van der Waals surface area contributed by atoms with Crippen molar-refractivity contribution in [1.29, 1.82) is 0 Å². The lowest BCUT2D eigenvalue weighted by molar-refractivity contribution is -0.141. The standard InChI is InChI=1S/C14H16FNO5/c1-19-12-8(9-4-7(6-16-9)14(17)18)5-10-13(11(12)15)21-3-2-20-10/h5,7,9,16H,2-4,6H2,1H3,(H,17,18). The quantitative estimate of drug-likeness (QED) is 0.877. The Labute approximate surface area is 120 Å². The minimum atomic E-state index is -0.859. The van der Waals surface area contributed by atoms with E-state index in [2.05, 4.69) is 5.32 Å². The molecule has 0 saturated carbocycles. The molecule has 0 radical (unpaired) electrons. The van der Waals surface area contributed by atoms with E-state index >= 15 is 0 Å². The van der Waals surface area contributed by atoms with Crippen LogP contribution in [0.5, 0.6) is 17.2 Å². The normalized spacial score (nSPS) is 23.9. The molecule has 1 aromatic rings. The predicted octanol–water partition coefficient (Wildman–Crippen LogP) is 1.34. The van der Waals surface area contributed by atoms with Crippen LogP contribution < -0.4 is 19.5 Å². The van der Waals surface area contributed by atoms with E-state index in [0.717, 1.165) is 0 Å². The zero-order valence-corrected chi connectivity index (χ0v) is 11.5. The molecular weight excluding hydrogens is 281 g/mol. The third kappa shape index (κ3) is 2.37. The van der Waals surface area contributed by atoms with Gasteiger partial charge in [0.25, 0.3) is 0 Å². The molecule has 2 N–H and O–H groups in total. The van der Waals surface area contributed by atoms with E-state index in [-0.39, 0.29) is 24.1 Å². The van der Waals surface area contributed by atoms with E-state index in [0.29, 0.717) is 30.9 Å². The van der Waals surface area contributed by atoms with Crippen molar-refractivity contribution < 1.29 is 28.5 Å². The minimum Gasteiger partial charge on any atom is -0.493 e. The van der Waals surface area contributed by atoms with E-state index in [4.69, 9.17) is 19.3 Å². The zero-order valence-electron chi connectivity index (χ0n) is 11.5. The fourth-order valence-electron chi connectivity index (χ4n) is 2.77. The van der Waals surface area contributed by atoms with E-state index in [1.165, 1.54) is 7.11 Å². The summed E-state index contributed by atoms with van der Waals surface area (Å²) in [6, 6.07) is 1.38. The maximum Gasteiger partial charge on any atom is 0.307 e. The van der Waals surface area contributed by atoms with Gasteiger partial charge in [-0.25, -0.2) is 0 Å². The van der Waals surface area contributed by atoms with E-state index in [1.54, 1.807) is 6.07 Å². The third-order valence-electron chi connectivity index (χ3n) is 3.82. The van der Waals surface area contributed by atoms with Crippen molar-refractivity contribution >= 4 is 5.97 Å². The maximum atomic E-state index is 14.5. The number of carbonyl (C=O) groups is 1. The van der Waals surface area contributed by atoms with E-state index < -0.39 is 17.7 Å². The molecule has 21 heavy (non-hydrogen) atoms. The molecule has 2 aliphatic heterocycles. The van der Waals surface area contributed by atoms with Gasteiger partial charge in [0.15, 0.2) is 11.5 Å². The molecule has 114 valence electrons. The fraction of sp³-hybridized carbons (Fsp3) is 0.500. The van der Waals surface area contributed by atoms with Crippen LogP contribution in [0.4, 0.5) is 4.39 Å². The van der Waals surface area contributed by atoms with Crippen molar-refractivity contribution in [1.82, 2.24) is 5.32 Å². The minimum absolute atomic E-state index is 0.0506. The van der Waals surface area contributed by atoms with Gasteiger partial charge in [-0.15, -0.1) is 0 Å². The van der Waals surface area contributed by atoms with Crippen molar-refractivity contribution in [2.45, 2.75) is 12.5 Å². The number of ether oxygens (including phenoxy) is 3. The largest absolute Gasteiger partial charge is 0.493 e. The molecule has 1 saturated heterocycles. The Morgan fingerprint density at radius 2 is 2.24 bits per heavy atom. The highest BCUT2D eigenvalue weighted by Gasteiger charge is 2.34. The number of aliphatic carboxylic acids is 1. The van der Waals surface area contributed by atoms with Gasteiger partial charge < -0.3 is 24.6 Å². The number of halogens is 1. The number of carboxylic acid groups (broad SMARTS) is 1. The maximum absolute atomic E-state index is 14.5. The number of methoxy groups -OCH3 is 1. The second-order valence-corrected chi connectivity index (χ2v) is 5.07. The summed E-state index contributed by atoms with van der Waals surface area (Å²) in [5, 5.41) is 12.2. The third-order valence-corrected chi connectivity index (χ3v) is 3.82. The summed E-state index contributed by atoms with van der Waals surface area (Å²) in [4.78, 5) is 11.0. The molecule has 1 aromatic carbocycles. The summed E-state index contributed by atoms with van der Waals surface area (Å²) < 4.78 is 30.3. The van der Waals surface area contributed by atoms with Gasteiger partial charge in [-0.05, 0) is 12.5 Å². The Morgan fingerprint density at radius 3 is 2.90 bits per heavy atom. The van der Waals surface area contributed by atoms with Crippen LogP contribution in [0.2, 0.25) is 0 Å². The molecule has 3 rings (SSSR count). The van der Waals surface area contributed by atoms with Crippen LogP contribution in [-0.2, 0) is 4.79 Å². The first-order chi connectivity index (χ1) is 10.1. The number of fused-ring (bicyclic) bond motifs is 1. The first-order valence-electron chi connectivity index (χ1n) is 6.74. The molecule has 2 aliphatic rings. The van der Waals surface area contributed by atoms with Crippen LogP contribution in [0.1, 0.15) is 18.0 Å². The molecule has 0 amide bonds. The van der Waals surface area contributed by atoms with Gasteiger partial charge in [0.05, 0.1) is 13.0 Å². The van der Waals surface area contributed by atoms with Crippen molar-refractivity contribution in [2.75, 3.05) is 26.9 Å². The highest BCUT2D eigenvalue weighted by atomic mass is 19.1. The molecule has 2 heterocycles. The molecule has 2 atom stereocenters. The summed E-state index contributed by atoms with van der Waals surface area (Å²) in [6.07, 6.45) is 0.380. The summed E-state index contributed by atoms with van der Waals surface area (Å²) in [6.45, 7) is 0.989. The Bertz CT molecular complexity index is 577. The van der Waals surface area contributed by atoms with Crippen LogP contribution in [0.15, 0.2) is 6.07 Å². The lowest BCUT2D eigenvalue weighted by Crippen LogP contribution is -2.20. The average molecular weight is 297 g/mol. The topological polar surface area (TPSA) is 77.0 Å². The van der Waals surface area contributed by atoms with E-state index in [1.807, 2.05) is 0 Å². The average Bonchev–Trinajstić information content (AvgIpc) is 2.97. The first kappa shape index (κ1) is 13.9. The Morgan fingerprint density at radius 1 is 1.48 bits per heavy atom. The van der Waals surface area contributed by atoms with Gasteiger partial charge in [-0.3, -0.25) is 4.79 Å². The lowest BCUT2D eigenvalue weighted by Gasteiger charge is -2.23. The van der Waals surface area contributed by atoms with Crippen molar-refractivity contribution in [3.05, 3.63) is 17.4 Å². The van der Waals surface area contributed by atoms with Crippen molar-refractivity contribution in [3.8, 4) is 17.2 Å². The molecule has 1 fully saturated rings. The van der Waals surface area contributed by atoms with Gasteiger partial charge >= 0.3 is 5.97 Å². The number of rotatable bonds is 3. The molecule has 0 aliphatic carbocycles. The summed E-state index contributed by atoms with van der Waals surface area (Å²) >= 11 is 0. The predicted molar refractivity (Wildman–Crippen MR) is 70.4 cm³/mol. The number of hydrogen-bond acceptors (Lipinski definition) is 5. The number of hydrogen-bond donors (Lipinski definition) is 2. The highest BCUT2D eigenvalue weighted by Crippen LogP contribution is 2.44. The second-order valence-electron chi connectivity index (χ2n) is 5.07. The van der Waals surface area contributed by atoms with Crippen molar-refractivity contribution in [3.63, 3.8) is 0 Å². The summed E-state index contributed by atoms with van der Waals surface area (Å²) in [5.41, 5.74) is 0.558. The molecule has 6 nitrogen and oxygen atoms in total. The first-order valence-corrected chi connectivity index (χ1v) is 6.74. The number of benzene rings is 1. The van der Waals surface area contributed by atoms with E-state index in [9.17, 15) is 9.18 Å². The van der Waals surface area contributed by atoms with Gasteiger partial charge in [0, 0.05) is 18.2 Å². The van der Waals surface area contributed by atoms with Crippen LogP contribution in [-0.4, -0.2) is 37.9 Å². The smallest absolute Gasteiger partial charge is 0.307 e. The van der Waals surface area contributed by atoms with Crippen LogP contribution >= 0.6 is 0 Å². The van der Waals surface area contributed by atoms with Crippen LogP contribution in [0.3, 0.4) is 0 Å². The van der Waals surface area contributed by atoms with Crippen LogP contribution in [0.25, 0.3) is 0 Å². The molecule has 0 spiro atoms. The monoisotopic (exact) mass is 297 g/mol. The molecule has 7 heteroatoms. The Balaban J connectivity index is 1.98. The summed E-state index contributed by atoms with van der Waals surface area (Å²) in [5.74, 6) is -1.50. The summed E-state index contributed by atoms with van der Waals surface area (Å²) in [7, 11) is 1.38. The van der Waals surface area contributed by atoms with Crippen molar-refractivity contribution in [2.24, 2.45) is 5.92 Å². The molecule has 2 unspecified atom stereocenters. The Kier molecular flexibility index (Phi) is 3.59. The molecule has 0 aromatic heterocycles. The second kappa shape index (κ2) is 5.40. The number of nitrogens with one attached hydrogen (secondary N) is 1. The van der Waals surface area contributed by atoms with Gasteiger partial charge in [-0.1, -0.05) is 0 Å². The highest BCUT2D eigenvalue weighted by molar-refractivity contribution is 5.71. The van der Waals surface area contributed by atoms with Crippen LogP contribution in [0, 0.1) is 11.7 Å². The van der Waals surface area contributed by atoms with Gasteiger partial charge in [0.1, 0.15) is 13.2 Å². The zero-order chi connectivity index (χ0) is 15.0. The fourth-order valence-corrected chi connectivity index (χ4v) is 2.77. The molecule has 0 bridgehead atoms.